The van der Waals surface area contributed by atoms with Gasteiger partial charge in [0.1, 0.15) is 6.61 Å². The third-order valence-electron chi connectivity index (χ3n) is 8.20. The second-order valence-corrected chi connectivity index (χ2v) is 10.0. The maximum absolute atomic E-state index is 13.0. The molecule has 2 aliphatic carbocycles. The molecule has 7 heteroatoms. The average molecular weight is 461 g/mol. The van der Waals surface area contributed by atoms with Crippen molar-refractivity contribution in [2.24, 2.45) is 17.8 Å². The van der Waals surface area contributed by atoms with Crippen molar-refractivity contribution < 1.29 is 24.2 Å². The van der Waals surface area contributed by atoms with E-state index in [1.54, 1.807) is 0 Å². The van der Waals surface area contributed by atoms with Gasteiger partial charge in [0.2, 0.25) is 5.91 Å². The van der Waals surface area contributed by atoms with Crippen LogP contribution in [0.4, 0.5) is 4.79 Å². The van der Waals surface area contributed by atoms with Crippen LogP contribution in [0.25, 0.3) is 11.1 Å². The van der Waals surface area contributed by atoms with Crippen LogP contribution in [0.1, 0.15) is 42.7 Å². The van der Waals surface area contributed by atoms with Gasteiger partial charge in [-0.3, -0.25) is 9.59 Å². The fraction of sp³-hybridized carbons (Fsp3) is 0.444. The Hall–Kier alpha value is -3.35. The van der Waals surface area contributed by atoms with Crippen molar-refractivity contribution in [1.82, 2.24) is 10.2 Å². The predicted octanol–water partition coefficient (Wildman–Crippen LogP) is 3.63. The minimum atomic E-state index is -0.797. The molecular formula is C27H28N2O5. The first-order chi connectivity index (χ1) is 16.5. The van der Waals surface area contributed by atoms with E-state index < -0.39 is 18.0 Å². The molecule has 2 heterocycles. The normalized spacial score (nSPS) is 28.4. The van der Waals surface area contributed by atoms with Crippen LogP contribution in [0.3, 0.4) is 0 Å². The minimum absolute atomic E-state index is 0.0150. The van der Waals surface area contributed by atoms with Crippen LogP contribution < -0.4 is 5.32 Å². The molecule has 176 valence electrons. The zero-order valence-corrected chi connectivity index (χ0v) is 18.9. The van der Waals surface area contributed by atoms with Crippen molar-refractivity contribution in [1.29, 1.82) is 0 Å². The molecule has 2 aliphatic heterocycles. The number of aliphatic carboxylic acids is 1. The van der Waals surface area contributed by atoms with Crippen LogP contribution in [0.5, 0.6) is 0 Å². The van der Waals surface area contributed by atoms with Gasteiger partial charge in [0, 0.05) is 30.5 Å². The summed E-state index contributed by atoms with van der Waals surface area (Å²) in [5.74, 6) is -1.18. The minimum Gasteiger partial charge on any atom is -0.481 e. The third-order valence-corrected chi connectivity index (χ3v) is 8.20. The molecule has 1 saturated carbocycles. The van der Waals surface area contributed by atoms with E-state index in [1.165, 1.54) is 22.3 Å². The van der Waals surface area contributed by atoms with E-state index in [1.807, 2.05) is 29.2 Å². The highest BCUT2D eigenvalue weighted by molar-refractivity contribution is 5.85. The fourth-order valence-corrected chi connectivity index (χ4v) is 6.43. The topological polar surface area (TPSA) is 95.9 Å². The molecule has 6 rings (SSSR count). The molecule has 7 nitrogen and oxygen atoms in total. The molecule has 2 aromatic carbocycles. The number of alkyl carbamates (subject to hydrolysis) is 1. The summed E-state index contributed by atoms with van der Waals surface area (Å²) in [6, 6.07) is 16.3. The highest BCUT2D eigenvalue weighted by Gasteiger charge is 2.55. The lowest BCUT2D eigenvalue weighted by Crippen LogP contribution is -2.39. The Labute approximate surface area is 198 Å². The summed E-state index contributed by atoms with van der Waals surface area (Å²) in [5, 5.41) is 12.3. The van der Waals surface area contributed by atoms with Crippen molar-refractivity contribution in [3.8, 4) is 11.1 Å². The smallest absolute Gasteiger partial charge is 0.407 e. The zero-order valence-electron chi connectivity index (χ0n) is 18.9. The number of fused-ring (bicyclic) bond motifs is 5. The number of nitrogens with zero attached hydrogens (tertiary/aromatic N) is 1. The number of carbonyl (C=O) groups excluding carboxylic acids is 2. The molecule has 0 radical (unpaired) electrons. The Balaban J connectivity index is 1.01. The average Bonchev–Trinajstić information content (AvgIpc) is 3.23. The lowest BCUT2D eigenvalue weighted by molar-refractivity contribution is -0.143. The molecule has 0 aromatic heterocycles. The van der Waals surface area contributed by atoms with Crippen LogP contribution in [-0.2, 0) is 14.3 Å². The summed E-state index contributed by atoms with van der Waals surface area (Å²) in [6.45, 7) is 0.666. The number of carboxylic acids is 1. The van der Waals surface area contributed by atoms with Crippen molar-refractivity contribution in [3.63, 3.8) is 0 Å². The number of hydrogen-bond acceptors (Lipinski definition) is 4. The molecular weight excluding hydrogens is 432 g/mol. The number of carboxylic acid groups (broad SMARTS) is 1. The Morgan fingerprint density at radius 2 is 1.62 bits per heavy atom. The van der Waals surface area contributed by atoms with E-state index in [-0.39, 0.29) is 42.4 Å². The first-order valence-corrected chi connectivity index (χ1v) is 12.2. The molecule has 5 atom stereocenters. The quantitative estimate of drug-likeness (QED) is 0.686. The summed E-state index contributed by atoms with van der Waals surface area (Å²) in [6.07, 6.45) is 2.52. The summed E-state index contributed by atoms with van der Waals surface area (Å²) in [5.41, 5.74) is 4.72. The Morgan fingerprint density at radius 1 is 0.941 bits per heavy atom. The predicted molar refractivity (Wildman–Crippen MR) is 124 cm³/mol. The van der Waals surface area contributed by atoms with Gasteiger partial charge in [0.25, 0.3) is 0 Å². The molecule has 2 amide bonds. The van der Waals surface area contributed by atoms with Crippen LogP contribution in [0.2, 0.25) is 0 Å². The monoisotopic (exact) mass is 460 g/mol. The van der Waals surface area contributed by atoms with Crippen molar-refractivity contribution in [2.45, 2.75) is 43.7 Å². The lowest BCUT2D eigenvalue weighted by atomic mass is 9.89. The third kappa shape index (κ3) is 3.45. The van der Waals surface area contributed by atoms with Gasteiger partial charge in [-0.2, -0.15) is 0 Å². The molecule has 0 spiro atoms. The van der Waals surface area contributed by atoms with Crippen LogP contribution in [0, 0.1) is 17.8 Å². The van der Waals surface area contributed by atoms with E-state index in [9.17, 15) is 19.5 Å². The summed E-state index contributed by atoms with van der Waals surface area (Å²) in [7, 11) is 0. The highest BCUT2D eigenvalue weighted by Crippen LogP contribution is 2.48. The van der Waals surface area contributed by atoms with E-state index >= 15 is 0 Å². The zero-order chi connectivity index (χ0) is 23.4. The van der Waals surface area contributed by atoms with Gasteiger partial charge < -0.3 is 20.1 Å². The number of nitrogens with one attached hydrogen (secondary N) is 1. The Kier molecular flexibility index (Phi) is 5.08. The summed E-state index contributed by atoms with van der Waals surface area (Å²) in [4.78, 5) is 38.8. The number of rotatable bonds is 6. The first-order valence-electron chi connectivity index (χ1n) is 12.2. The van der Waals surface area contributed by atoms with Crippen molar-refractivity contribution in [2.75, 3.05) is 13.2 Å². The summed E-state index contributed by atoms with van der Waals surface area (Å²) < 4.78 is 5.59. The molecule has 34 heavy (non-hydrogen) atoms. The van der Waals surface area contributed by atoms with Gasteiger partial charge in [0.05, 0.1) is 5.92 Å². The van der Waals surface area contributed by atoms with Crippen molar-refractivity contribution >= 4 is 18.0 Å². The van der Waals surface area contributed by atoms with Crippen LogP contribution in [0.15, 0.2) is 48.5 Å². The molecule has 2 saturated heterocycles. The van der Waals surface area contributed by atoms with Crippen LogP contribution in [-0.4, -0.2) is 53.2 Å². The van der Waals surface area contributed by atoms with Gasteiger partial charge in [-0.05, 0) is 53.9 Å². The number of amides is 2. The standard InChI is InChI=1S/C27H28N2O5/c30-25(29-16-9-10-24(29)22(12-16)26(31)32)21-11-15(21)13-28-27(33)34-14-23-19-7-3-1-5-17(19)18-6-2-4-8-20(18)23/h1-8,15-16,21-24H,9-14H2,(H,28,33)(H,31,32)/t15?,16-,21?,22+,24+/m1/s1. The van der Waals surface area contributed by atoms with E-state index in [0.29, 0.717) is 13.0 Å². The van der Waals surface area contributed by atoms with E-state index in [0.717, 1.165) is 19.3 Å². The number of carbonyl (C=O) groups is 3. The number of ether oxygens (including phenoxy) is 1. The molecule has 2 bridgehead atoms. The second-order valence-electron chi connectivity index (χ2n) is 10.0. The highest BCUT2D eigenvalue weighted by atomic mass is 16.5. The first kappa shape index (κ1) is 21.2. The van der Waals surface area contributed by atoms with Crippen LogP contribution >= 0.6 is 0 Å². The molecule has 4 aliphatic rings. The molecule has 3 fully saturated rings. The van der Waals surface area contributed by atoms with Gasteiger partial charge in [-0.25, -0.2) is 4.79 Å². The second kappa shape index (κ2) is 8.15. The fourth-order valence-electron chi connectivity index (χ4n) is 6.43. The van der Waals surface area contributed by atoms with E-state index in [2.05, 4.69) is 29.6 Å². The number of benzene rings is 2. The molecule has 2 N–H and O–H groups in total. The van der Waals surface area contributed by atoms with Gasteiger partial charge in [0.15, 0.2) is 0 Å². The maximum Gasteiger partial charge on any atom is 0.407 e. The van der Waals surface area contributed by atoms with Gasteiger partial charge in [-0.1, -0.05) is 48.5 Å². The van der Waals surface area contributed by atoms with Gasteiger partial charge in [-0.15, -0.1) is 0 Å². The van der Waals surface area contributed by atoms with Crippen molar-refractivity contribution in [3.05, 3.63) is 59.7 Å². The molecule has 2 aromatic rings. The summed E-state index contributed by atoms with van der Waals surface area (Å²) >= 11 is 0. The lowest BCUT2D eigenvalue weighted by Gasteiger charge is -2.23. The maximum atomic E-state index is 13.0. The Bertz CT molecular complexity index is 1120. The molecule has 2 unspecified atom stereocenters. The number of hydrogen-bond donors (Lipinski definition) is 2. The van der Waals surface area contributed by atoms with Gasteiger partial charge >= 0.3 is 12.1 Å². The van der Waals surface area contributed by atoms with E-state index in [4.69, 9.17) is 4.74 Å². The largest absolute Gasteiger partial charge is 0.481 e. The SMILES string of the molecule is O=C(NCC1CC1C(=O)N1[C@@H]2CC[C@H]1[C@@H](C(=O)O)C2)OCC1c2ccccc2-c2ccccc21. The Morgan fingerprint density at radius 3 is 2.26 bits per heavy atom.